The molecule has 0 fully saturated rings. The highest BCUT2D eigenvalue weighted by molar-refractivity contribution is 7.93. The first-order chi connectivity index (χ1) is 15.7. The Balaban J connectivity index is 1.71. The Morgan fingerprint density at radius 2 is 2.12 bits per heavy atom. The maximum atomic E-state index is 12.1. The predicted molar refractivity (Wildman–Crippen MR) is 127 cm³/mol. The fraction of sp³-hybridized carbons (Fsp3) is 0.381. The molecule has 0 saturated heterocycles. The summed E-state index contributed by atoms with van der Waals surface area (Å²) in [6.45, 7) is 4.62. The molecular weight excluding hydrogens is 466 g/mol. The van der Waals surface area contributed by atoms with E-state index in [0.29, 0.717) is 35.4 Å². The zero-order valence-corrected chi connectivity index (χ0v) is 20.2. The van der Waals surface area contributed by atoms with Gasteiger partial charge >= 0.3 is 0 Å². The van der Waals surface area contributed by atoms with E-state index in [0.717, 1.165) is 5.56 Å². The van der Waals surface area contributed by atoms with Gasteiger partial charge < -0.3 is 20.1 Å². The molecule has 2 heterocycles. The smallest absolute Gasteiger partial charge is 0.269 e. The SMILES string of the molecule is COCCNC(=O)c1ccc(-c2csc(NC3CC(S(N)(=O)=O)=CC=C3OC(C)C)n2)cn1. The number of primary sulfonamides is 1. The van der Waals surface area contributed by atoms with Gasteiger partial charge in [0.05, 0.1) is 29.4 Å². The fourth-order valence-electron chi connectivity index (χ4n) is 3.05. The summed E-state index contributed by atoms with van der Waals surface area (Å²) in [6.07, 6.45) is 4.75. The Morgan fingerprint density at radius 1 is 1.33 bits per heavy atom. The second-order valence-corrected chi connectivity index (χ2v) is 10.0. The molecule has 0 bridgehead atoms. The van der Waals surface area contributed by atoms with Crippen LogP contribution in [0.5, 0.6) is 0 Å². The zero-order chi connectivity index (χ0) is 24.0. The Hall–Kier alpha value is -2.80. The van der Waals surface area contributed by atoms with Gasteiger partial charge in [-0.25, -0.2) is 18.5 Å². The molecule has 12 heteroatoms. The summed E-state index contributed by atoms with van der Waals surface area (Å²) in [4.78, 5) is 21.0. The van der Waals surface area contributed by atoms with Crippen LogP contribution in [-0.4, -0.2) is 56.7 Å². The molecule has 4 N–H and O–H groups in total. The van der Waals surface area contributed by atoms with E-state index in [-0.39, 0.29) is 23.3 Å². The Morgan fingerprint density at radius 3 is 2.76 bits per heavy atom. The number of thiazole rings is 1. The number of amides is 1. The number of sulfonamides is 1. The number of anilines is 1. The van der Waals surface area contributed by atoms with Crippen LogP contribution in [0.4, 0.5) is 5.13 Å². The number of pyridine rings is 1. The number of hydrogen-bond donors (Lipinski definition) is 3. The van der Waals surface area contributed by atoms with Crippen molar-refractivity contribution >= 4 is 32.4 Å². The monoisotopic (exact) mass is 493 g/mol. The van der Waals surface area contributed by atoms with Crippen LogP contribution in [-0.2, 0) is 19.5 Å². The van der Waals surface area contributed by atoms with Gasteiger partial charge in [-0.2, -0.15) is 0 Å². The van der Waals surface area contributed by atoms with Crippen molar-refractivity contribution in [3.05, 3.63) is 52.2 Å². The molecule has 33 heavy (non-hydrogen) atoms. The van der Waals surface area contributed by atoms with E-state index in [1.807, 2.05) is 19.2 Å². The highest BCUT2D eigenvalue weighted by Gasteiger charge is 2.27. The van der Waals surface area contributed by atoms with Crippen molar-refractivity contribution in [2.24, 2.45) is 5.14 Å². The van der Waals surface area contributed by atoms with E-state index in [4.69, 9.17) is 14.6 Å². The number of allylic oxidation sites excluding steroid dienone is 2. The first kappa shape index (κ1) is 24.8. The molecule has 2 aromatic heterocycles. The highest BCUT2D eigenvalue weighted by Crippen LogP contribution is 2.30. The lowest BCUT2D eigenvalue weighted by Crippen LogP contribution is -2.30. The molecular formula is C21H27N5O5S2. The molecule has 0 aliphatic heterocycles. The Bertz CT molecular complexity index is 1140. The van der Waals surface area contributed by atoms with Crippen LogP contribution in [0.25, 0.3) is 11.3 Å². The second-order valence-electron chi connectivity index (χ2n) is 7.53. The third-order valence-electron chi connectivity index (χ3n) is 4.60. The van der Waals surface area contributed by atoms with Gasteiger partial charge in [0.25, 0.3) is 5.91 Å². The van der Waals surface area contributed by atoms with E-state index in [2.05, 4.69) is 20.6 Å². The van der Waals surface area contributed by atoms with Gasteiger partial charge in [-0.05, 0) is 38.1 Å². The number of ether oxygens (including phenoxy) is 2. The summed E-state index contributed by atoms with van der Waals surface area (Å²) in [5, 5.41) is 13.7. The average molecular weight is 494 g/mol. The number of nitrogens with one attached hydrogen (secondary N) is 2. The number of carbonyl (C=O) groups excluding carboxylic acids is 1. The van der Waals surface area contributed by atoms with E-state index >= 15 is 0 Å². The molecule has 178 valence electrons. The second kappa shape index (κ2) is 10.9. The lowest BCUT2D eigenvalue weighted by molar-refractivity contribution is 0.0932. The molecule has 10 nitrogen and oxygen atoms in total. The number of carbonyl (C=O) groups is 1. The normalized spacial score (nSPS) is 16.2. The fourth-order valence-corrected chi connectivity index (χ4v) is 4.48. The minimum absolute atomic E-state index is 0.0758. The van der Waals surface area contributed by atoms with Gasteiger partial charge in [0.15, 0.2) is 5.13 Å². The topological polar surface area (TPSA) is 146 Å². The summed E-state index contributed by atoms with van der Waals surface area (Å²) >= 11 is 1.37. The van der Waals surface area contributed by atoms with Crippen LogP contribution in [0.1, 0.15) is 30.8 Å². The summed E-state index contributed by atoms with van der Waals surface area (Å²) < 4.78 is 34.4. The lowest BCUT2D eigenvalue weighted by Gasteiger charge is -2.26. The van der Waals surface area contributed by atoms with Gasteiger partial charge in [0.2, 0.25) is 10.0 Å². The van der Waals surface area contributed by atoms with Crippen molar-refractivity contribution in [1.82, 2.24) is 15.3 Å². The molecule has 2 aromatic rings. The zero-order valence-electron chi connectivity index (χ0n) is 18.6. The van der Waals surface area contributed by atoms with E-state index < -0.39 is 16.1 Å². The third-order valence-corrected chi connectivity index (χ3v) is 6.41. The van der Waals surface area contributed by atoms with Gasteiger partial charge in [0.1, 0.15) is 11.5 Å². The van der Waals surface area contributed by atoms with Crippen molar-refractivity contribution in [1.29, 1.82) is 0 Å². The van der Waals surface area contributed by atoms with Crippen molar-refractivity contribution in [2.45, 2.75) is 32.4 Å². The van der Waals surface area contributed by atoms with E-state index in [1.54, 1.807) is 31.5 Å². The molecule has 0 saturated carbocycles. The van der Waals surface area contributed by atoms with E-state index in [1.165, 1.54) is 17.4 Å². The van der Waals surface area contributed by atoms with Gasteiger partial charge in [-0.15, -0.1) is 11.3 Å². The minimum atomic E-state index is -3.80. The van der Waals surface area contributed by atoms with Crippen LogP contribution in [0.15, 0.2) is 46.5 Å². The molecule has 1 unspecified atom stereocenters. The number of methoxy groups -OCH3 is 1. The standard InChI is InChI=1S/C21H27N5O5S2/c1-13(2)31-19-7-5-15(33(22,28)29)10-17(19)25-21-26-18(12-32-21)14-4-6-16(24-11-14)20(27)23-8-9-30-3/h4-7,11-13,17H,8-10H2,1-3H3,(H,23,27)(H,25,26)(H2,22,28,29). The van der Waals surface area contributed by atoms with Crippen LogP contribution in [0.2, 0.25) is 0 Å². The summed E-state index contributed by atoms with van der Waals surface area (Å²) in [7, 11) is -2.24. The lowest BCUT2D eigenvalue weighted by atomic mass is 10.1. The number of aromatic nitrogens is 2. The molecule has 3 rings (SSSR count). The van der Waals surface area contributed by atoms with Crippen molar-refractivity contribution in [3.8, 4) is 11.3 Å². The molecule has 1 aliphatic rings. The Labute approximate surface area is 197 Å². The van der Waals surface area contributed by atoms with Crippen LogP contribution in [0, 0.1) is 0 Å². The quantitative estimate of drug-likeness (QED) is 0.427. The molecule has 0 radical (unpaired) electrons. The van der Waals surface area contributed by atoms with Gasteiger partial charge in [-0.3, -0.25) is 9.78 Å². The van der Waals surface area contributed by atoms with E-state index in [9.17, 15) is 13.2 Å². The minimum Gasteiger partial charge on any atom is -0.493 e. The predicted octanol–water partition coefficient (Wildman–Crippen LogP) is 2.25. The highest BCUT2D eigenvalue weighted by atomic mass is 32.2. The largest absolute Gasteiger partial charge is 0.493 e. The molecule has 0 spiro atoms. The van der Waals surface area contributed by atoms with Crippen molar-refractivity contribution in [2.75, 3.05) is 25.6 Å². The first-order valence-electron chi connectivity index (χ1n) is 10.2. The Kier molecular flexibility index (Phi) is 8.19. The molecule has 1 atom stereocenters. The van der Waals surface area contributed by atoms with Gasteiger partial charge in [-0.1, -0.05) is 0 Å². The number of nitrogens with zero attached hydrogens (tertiary/aromatic N) is 2. The third kappa shape index (κ3) is 6.84. The molecule has 1 aliphatic carbocycles. The summed E-state index contributed by atoms with van der Waals surface area (Å²) in [5.41, 5.74) is 1.72. The summed E-state index contributed by atoms with van der Waals surface area (Å²) in [5.74, 6) is 0.333. The van der Waals surface area contributed by atoms with Crippen LogP contribution < -0.4 is 15.8 Å². The van der Waals surface area contributed by atoms with Crippen LogP contribution >= 0.6 is 11.3 Å². The average Bonchev–Trinajstić information content (AvgIpc) is 3.22. The maximum Gasteiger partial charge on any atom is 0.269 e. The molecule has 0 aromatic carbocycles. The number of rotatable bonds is 10. The van der Waals surface area contributed by atoms with Gasteiger partial charge in [0, 0.05) is 37.2 Å². The van der Waals surface area contributed by atoms with Crippen LogP contribution in [0.3, 0.4) is 0 Å². The summed E-state index contributed by atoms with van der Waals surface area (Å²) in [6, 6.07) is 2.97. The van der Waals surface area contributed by atoms with Crippen molar-refractivity contribution < 1.29 is 22.7 Å². The maximum absolute atomic E-state index is 12.1. The molecule has 1 amide bonds. The first-order valence-corrected chi connectivity index (χ1v) is 12.7. The number of hydrogen-bond acceptors (Lipinski definition) is 9. The number of nitrogens with two attached hydrogens (primary N) is 1. The van der Waals surface area contributed by atoms with Crippen molar-refractivity contribution in [3.63, 3.8) is 0 Å².